The van der Waals surface area contributed by atoms with E-state index in [0.717, 1.165) is 48.8 Å². The van der Waals surface area contributed by atoms with Gasteiger partial charge in [-0.3, -0.25) is 38.4 Å². The number of aromatic nitrogens is 1. The number of aliphatic hydroxyl groups is 1. The Kier molecular flexibility index (Phi) is 21.9. The number of phenols is 1. The Morgan fingerprint density at radius 1 is 0.637 bits per heavy atom. The van der Waals surface area contributed by atoms with E-state index < -0.39 is 102 Å². The van der Waals surface area contributed by atoms with Crippen LogP contribution in [0.3, 0.4) is 0 Å². The van der Waals surface area contributed by atoms with E-state index in [1.54, 1.807) is 48.7 Å². The molecule has 1 fully saturated rings. The SMILES string of the molecule is NCCCCC1NC(=O)[C@@H](Cc2c[nH]c3ccccc23)NC(=O)C(Cc2ccc(O)cc2)NC(=O)[C@@H](NC(=O)[C@H](N)Cc2ccccc2)CSSC[C@@H](C(=O)N[C@@H](Cc2ccc3ccccc3c2)C(N)=O)NC(=O)C(CO)NC1=O. The second-order valence-electron chi connectivity index (χ2n) is 19.5. The highest BCUT2D eigenvalue weighted by molar-refractivity contribution is 8.76. The van der Waals surface area contributed by atoms with Crippen molar-refractivity contribution in [2.24, 2.45) is 17.2 Å². The minimum absolute atomic E-state index is 0.00848. The zero-order valence-corrected chi connectivity index (χ0v) is 45.4. The van der Waals surface area contributed by atoms with E-state index in [1.165, 1.54) is 12.1 Å². The molecule has 8 atom stereocenters. The maximum absolute atomic E-state index is 14.8. The molecule has 0 aliphatic carbocycles. The van der Waals surface area contributed by atoms with Crippen molar-refractivity contribution in [2.45, 2.75) is 93.3 Å². The van der Waals surface area contributed by atoms with Gasteiger partial charge in [0, 0.05) is 47.9 Å². The third-order valence-corrected chi connectivity index (χ3v) is 15.9. The Balaban J connectivity index is 1.24. The average Bonchev–Trinajstić information content (AvgIpc) is 3.86. The summed E-state index contributed by atoms with van der Waals surface area (Å²) in [6.45, 7) is -0.700. The van der Waals surface area contributed by atoms with Crippen LogP contribution < -0.4 is 54.4 Å². The van der Waals surface area contributed by atoms with Crippen LogP contribution in [-0.2, 0) is 64.0 Å². The summed E-state index contributed by atoms with van der Waals surface area (Å²) in [7, 11) is 2.02. The number of benzene rings is 5. The number of primary amides is 1. The summed E-state index contributed by atoms with van der Waals surface area (Å²) >= 11 is 0. The van der Waals surface area contributed by atoms with Gasteiger partial charge in [0.25, 0.3) is 0 Å². The molecule has 5 aromatic carbocycles. The fourth-order valence-corrected chi connectivity index (χ4v) is 11.4. The molecule has 6 aromatic rings. The molecule has 8 amide bonds. The van der Waals surface area contributed by atoms with Crippen LogP contribution in [0.4, 0.5) is 0 Å². The van der Waals surface area contributed by atoms with Gasteiger partial charge in [0.05, 0.1) is 12.6 Å². The first-order valence-electron chi connectivity index (χ1n) is 26.2. The monoisotopic (exact) mass is 1130 g/mol. The van der Waals surface area contributed by atoms with Crippen LogP contribution in [0.1, 0.15) is 41.5 Å². The quantitative estimate of drug-likeness (QED) is 0.0422. The maximum atomic E-state index is 14.8. The summed E-state index contributed by atoms with van der Waals surface area (Å²) in [4.78, 5) is 117. The fourth-order valence-electron chi connectivity index (χ4n) is 9.06. The first kappa shape index (κ1) is 59.7. The van der Waals surface area contributed by atoms with Crippen molar-refractivity contribution in [3.63, 3.8) is 0 Å². The third kappa shape index (κ3) is 17.0. The van der Waals surface area contributed by atoms with Gasteiger partial charge in [-0.15, -0.1) is 0 Å². The van der Waals surface area contributed by atoms with Gasteiger partial charge in [0.15, 0.2) is 0 Å². The number of amides is 8. The smallest absolute Gasteiger partial charge is 0.245 e. The van der Waals surface area contributed by atoms with Gasteiger partial charge < -0.3 is 69.6 Å². The number of unbranched alkanes of at least 4 members (excludes halogenated alkanes) is 1. The van der Waals surface area contributed by atoms with Crippen LogP contribution in [0.15, 0.2) is 128 Å². The Hall–Kier alpha value is -7.96. The zero-order valence-electron chi connectivity index (χ0n) is 43.7. The number of carbonyl (C=O) groups excluding carboxylic acids is 8. The lowest BCUT2D eigenvalue weighted by Gasteiger charge is -2.28. The highest BCUT2D eigenvalue weighted by atomic mass is 33.1. The minimum Gasteiger partial charge on any atom is -0.508 e. The van der Waals surface area contributed by atoms with Crippen molar-refractivity contribution in [3.8, 4) is 5.75 Å². The molecule has 1 saturated heterocycles. The second kappa shape index (κ2) is 29.3. The van der Waals surface area contributed by atoms with Crippen molar-refractivity contribution in [3.05, 3.63) is 150 Å². The van der Waals surface area contributed by atoms with Crippen LogP contribution in [0.25, 0.3) is 21.7 Å². The lowest BCUT2D eigenvalue weighted by atomic mass is 10.0. The third-order valence-electron chi connectivity index (χ3n) is 13.5. The highest BCUT2D eigenvalue weighted by Crippen LogP contribution is 2.25. The molecule has 0 radical (unpaired) electrons. The molecule has 21 nitrogen and oxygen atoms in total. The van der Waals surface area contributed by atoms with Gasteiger partial charge in [-0.1, -0.05) is 125 Å². The molecule has 1 aromatic heterocycles. The van der Waals surface area contributed by atoms with E-state index in [1.807, 2.05) is 66.7 Å². The Morgan fingerprint density at radius 2 is 1.25 bits per heavy atom. The Bertz CT molecular complexity index is 3130. The molecular weight excluding hydrogens is 1060 g/mol. The standard InChI is InChI=1S/C57H67N11O10S2/c58-23-9-8-16-43-52(73)66-47(30-69)55(76)68-49(56(77)63-44(50(60)71)27-35-17-20-36-12-4-5-13-37(36)24-35)32-80-79-31-48(67-51(72)41(59)25-33-10-2-1-3-11-33)57(78)64-45(26-34-18-21-39(70)22-19-34)53(74)65-46(54(75)62-43)28-38-29-61-42-15-7-6-14-40(38)42/h1-7,10-15,17-22,24,29,41,43-49,61,69-70H,8-9,16,23,25-28,30-32,58-59H2,(H2,60,71)(H,62,75)(H,63,77)(H,64,78)(H,65,74)(H,66,73)(H,67,72)(H,68,76)/t41-,43?,44+,45?,46-,47?,48+,49+/m1/s1. The lowest BCUT2D eigenvalue weighted by Crippen LogP contribution is -2.61. The van der Waals surface area contributed by atoms with Gasteiger partial charge in [-0.25, -0.2) is 0 Å². The van der Waals surface area contributed by atoms with Crippen LogP contribution in [-0.4, -0.2) is 135 Å². The maximum Gasteiger partial charge on any atom is 0.245 e. The summed E-state index contributed by atoms with van der Waals surface area (Å²) in [5, 5.41) is 42.2. The summed E-state index contributed by atoms with van der Waals surface area (Å²) < 4.78 is 0. The lowest BCUT2D eigenvalue weighted by molar-refractivity contribution is -0.136. The Labute approximate surface area is 469 Å². The molecule has 7 rings (SSSR count). The van der Waals surface area contributed by atoms with Crippen LogP contribution in [0, 0.1) is 0 Å². The summed E-state index contributed by atoms with van der Waals surface area (Å²) in [5.74, 6) is -7.26. The fraction of sp³-hybridized carbons (Fsp3) is 0.333. The predicted molar refractivity (Wildman–Crippen MR) is 307 cm³/mol. The molecule has 16 N–H and O–H groups in total. The van der Waals surface area contributed by atoms with Crippen molar-refractivity contribution in [1.29, 1.82) is 0 Å². The first-order chi connectivity index (χ1) is 38.6. The van der Waals surface area contributed by atoms with E-state index in [2.05, 4.69) is 42.2 Å². The van der Waals surface area contributed by atoms with Gasteiger partial charge in [0.1, 0.15) is 48.0 Å². The molecule has 23 heteroatoms. The molecular formula is C57H67N11O10S2. The number of para-hydroxylation sites is 1. The molecule has 0 saturated carbocycles. The molecule has 1 aliphatic heterocycles. The normalized spacial score (nSPS) is 20.7. The van der Waals surface area contributed by atoms with Gasteiger partial charge >= 0.3 is 0 Å². The average molecular weight is 1130 g/mol. The number of hydrogen-bond donors (Lipinski definition) is 13. The Morgan fingerprint density at radius 3 is 1.98 bits per heavy atom. The first-order valence-corrected chi connectivity index (χ1v) is 28.6. The van der Waals surface area contributed by atoms with E-state index in [9.17, 15) is 48.6 Å². The van der Waals surface area contributed by atoms with Gasteiger partial charge in [-0.2, -0.15) is 0 Å². The van der Waals surface area contributed by atoms with Gasteiger partial charge in [0.2, 0.25) is 47.3 Å². The molecule has 80 heavy (non-hydrogen) atoms. The van der Waals surface area contributed by atoms with Crippen LogP contribution >= 0.6 is 21.6 Å². The van der Waals surface area contributed by atoms with Crippen LogP contribution in [0.5, 0.6) is 5.75 Å². The summed E-state index contributed by atoms with van der Waals surface area (Å²) in [6.07, 6.45) is 2.29. The number of nitrogens with one attached hydrogen (secondary N) is 8. The topological polar surface area (TPSA) is 355 Å². The van der Waals surface area contributed by atoms with Crippen molar-refractivity contribution >= 4 is 90.5 Å². The van der Waals surface area contributed by atoms with Crippen molar-refractivity contribution in [2.75, 3.05) is 24.7 Å². The number of aromatic amines is 1. The largest absolute Gasteiger partial charge is 0.508 e. The van der Waals surface area contributed by atoms with E-state index in [4.69, 9.17) is 17.2 Å². The number of phenolic OH excluding ortho intramolecular Hbond substituents is 1. The molecule has 422 valence electrons. The van der Waals surface area contributed by atoms with E-state index in [-0.39, 0.29) is 55.9 Å². The highest BCUT2D eigenvalue weighted by Gasteiger charge is 2.35. The number of carbonyl (C=O) groups is 8. The molecule has 2 heterocycles. The molecule has 0 spiro atoms. The molecule has 0 bridgehead atoms. The number of nitrogens with two attached hydrogens (primary N) is 3. The molecule has 3 unspecified atom stereocenters. The van der Waals surface area contributed by atoms with Crippen molar-refractivity contribution < 1.29 is 48.6 Å². The number of rotatable bonds is 18. The van der Waals surface area contributed by atoms with E-state index >= 15 is 0 Å². The second-order valence-corrected chi connectivity index (χ2v) is 22.0. The number of fused-ring (bicyclic) bond motifs is 2. The van der Waals surface area contributed by atoms with Crippen molar-refractivity contribution in [1.82, 2.24) is 42.2 Å². The van der Waals surface area contributed by atoms with E-state index in [0.29, 0.717) is 29.5 Å². The predicted octanol–water partition coefficient (Wildman–Crippen LogP) is 1.02. The number of hydrogen-bond acceptors (Lipinski definition) is 14. The summed E-state index contributed by atoms with van der Waals surface area (Å²) in [5.41, 5.74) is 21.4. The molecule has 1 aliphatic rings. The zero-order chi connectivity index (χ0) is 57.1. The number of H-pyrrole nitrogens is 1. The van der Waals surface area contributed by atoms with Crippen LogP contribution in [0.2, 0.25) is 0 Å². The number of aliphatic hydroxyl groups excluding tert-OH is 1. The minimum atomic E-state index is -1.68. The number of aromatic hydroxyl groups is 1. The van der Waals surface area contributed by atoms with Gasteiger partial charge in [-0.05, 0) is 83.5 Å². The summed E-state index contributed by atoms with van der Waals surface area (Å²) in [6, 6.07) is 24.2.